The summed E-state index contributed by atoms with van der Waals surface area (Å²) in [6, 6.07) is 10.9. The van der Waals surface area contributed by atoms with Crippen molar-refractivity contribution >= 4 is 0 Å². The number of methoxy groups -OCH3 is 1. The molecule has 2 aromatic rings. The van der Waals surface area contributed by atoms with Gasteiger partial charge in [-0.1, -0.05) is 12.1 Å². The summed E-state index contributed by atoms with van der Waals surface area (Å²) in [5.74, 6) is 0.582. The molecular formula is C17H18FNO. The second-order valence-electron chi connectivity index (χ2n) is 5.45. The van der Waals surface area contributed by atoms with Crippen molar-refractivity contribution in [1.29, 1.82) is 0 Å². The molecule has 0 aromatic heterocycles. The van der Waals surface area contributed by atoms with Gasteiger partial charge in [0.25, 0.3) is 0 Å². The molecule has 0 bridgehead atoms. The monoisotopic (exact) mass is 271 g/mol. The molecule has 1 atom stereocenters. The Morgan fingerprint density at radius 3 is 2.65 bits per heavy atom. The van der Waals surface area contributed by atoms with Crippen LogP contribution in [0.4, 0.5) is 4.39 Å². The molecule has 2 nitrogen and oxygen atoms in total. The van der Waals surface area contributed by atoms with Gasteiger partial charge in [-0.25, -0.2) is 4.39 Å². The van der Waals surface area contributed by atoms with E-state index in [2.05, 4.69) is 6.07 Å². The van der Waals surface area contributed by atoms with E-state index in [4.69, 9.17) is 10.5 Å². The largest absolute Gasteiger partial charge is 0.497 e. The van der Waals surface area contributed by atoms with Crippen molar-refractivity contribution < 1.29 is 9.13 Å². The number of benzene rings is 2. The van der Waals surface area contributed by atoms with Crippen LogP contribution in [0.3, 0.4) is 0 Å². The Hall–Kier alpha value is -1.87. The maximum atomic E-state index is 13.3. The Morgan fingerprint density at radius 2 is 1.95 bits per heavy atom. The molecule has 0 saturated carbocycles. The highest BCUT2D eigenvalue weighted by atomic mass is 19.1. The first kappa shape index (κ1) is 13.1. The average Bonchev–Trinajstić information content (AvgIpc) is 2.76. The molecule has 2 N–H and O–H groups in total. The van der Waals surface area contributed by atoms with Crippen LogP contribution in [0.15, 0.2) is 36.4 Å². The molecular weight excluding hydrogens is 253 g/mol. The van der Waals surface area contributed by atoms with Gasteiger partial charge in [0.15, 0.2) is 0 Å². The number of rotatable bonds is 2. The third-order valence-corrected chi connectivity index (χ3v) is 4.26. The minimum Gasteiger partial charge on any atom is -0.497 e. The molecule has 0 aliphatic heterocycles. The fourth-order valence-corrected chi connectivity index (χ4v) is 3.19. The van der Waals surface area contributed by atoms with Gasteiger partial charge in [-0.2, -0.15) is 0 Å². The van der Waals surface area contributed by atoms with E-state index in [-0.39, 0.29) is 5.82 Å². The summed E-state index contributed by atoms with van der Waals surface area (Å²) in [4.78, 5) is 0. The zero-order valence-electron chi connectivity index (χ0n) is 11.7. The van der Waals surface area contributed by atoms with E-state index in [9.17, 15) is 4.39 Å². The number of ether oxygens (including phenoxy) is 1. The number of halogens is 1. The molecule has 2 aromatic carbocycles. The fraction of sp³-hybridized carbons (Fsp3) is 0.294. The van der Waals surface area contributed by atoms with E-state index in [1.807, 2.05) is 19.1 Å². The van der Waals surface area contributed by atoms with Crippen LogP contribution >= 0.6 is 0 Å². The van der Waals surface area contributed by atoms with E-state index in [0.717, 1.165) is 35.3 Å². The molecule has 3 heteroatoms. The second-order valence-corrected chi connectivity index (χ2v) is 5.45. The van der Waals surface area contributed by atoms with Gasteiger partial charge in [-0.3, -0.25) is 0 Å². The van der Waals surface area contributed by atoms with Gasteiger partial charge in [-0.15, -0.1) is 0 Å². The van der Waals surface area contributed by atoms with E-state index in [0.29, 0.717) is 0 Å². The number of aryl methyl sites for hydroxylation is 2. The van der Waals surface area contributed by atoms with Crippen molar-refractivity contribution in [2.75, 3.05) is 7.11 Å². The topological polar surface area (TPSA) is 35.2 Å². The maximum Gasteiger partial charge on any atom is 0.123 e. The fourth-order valence-electron chi connectivity index (χ4n) is 3.19. The minimum absolute atomic E-state index is 0.223. The normalized spacial score (nSPS) is 20.8. The molecule has 0 saturated heterocycles. The zero-order valence-corrected chi connectivity index (χ0v) is 11.7. The molecule has 1 unspecified atom stereocenters. The van der Waals surface area contributed by atoms with Crippen LogP contribution in [-0.4, -0.2) is 7.11 Å². The van der Waals surface area contributed by atoms with E-state index < -0.39 is 5.54 Å². The first-order chi connectivity index (χ1) is 9.54. The molecule has 1 aliphatic carbocycles. The molecule has 20 heavy (non-hydrogen) atoms. The Kier molecular flexibility index (Phi) is 3.02. The number of fused-ring (bicyclic) bond motifs is 1. The number of hydrogen-bond acceptors (Lipinski definition) is 2. The molecule has 104 valence electrons. The third kappa shape index (κ3) is 1.90. The van der Waals surface area contributed by atoms with Crippen LogP contribution in [0.25, 0.3) is 0 Å². The summed E-state index contributed by atoms with van der Waals surface area (Å²) in [5.41, 5.74) is 10.4. The van der Waals surface area contributed by atoms with Crippen LogP contribution < -0.4 is 10.5 Å². The Balaban J connectivity index is 2.16. The van der Waals surface area contributed by atoms with Crippen molar-refractivity contribution in [2.45, 2.75) is 25.3 Å². The highest BCUT2D eigenvalue weighted by Gasteiger charge is 2.37. The minimum atomic E-state index is -0.554. The van der Waals surface area contributed by atoms with Crippen molar-refractivity contribution in [3.8, 4) is 5.75 Å². The first-order valence-electron chi connectivity index (χ1n) is 6.77. The number of hydrogen-bond donors (Lipinski definition) is 1. The lowest BCUT2D eigenvalue weighted by molar-refractivity contribution is 0.412. The van der Waals surface area contributed by atoms with Crippen molar-refractivity contribution in [3.63, 3.8) is 0 Å². The summed E-state index contributed by atoms with van der Waals surface area (Å²) < 4.78 is 18.6. The molecule has 0 radical (unpaired) electrons. The van der Waals surface area contributed by atoms with Gasteiger partial charge in [0.1, 0.15) is 11.6 Å². The van der Waals surface area contributed by atoms with Crippen molar-refractivity contribution in [1.82, 2.24) is 0 Å². The molecule has 3 rings (SSSR count). The zero-order chi connectivity index (χ0) is 14.3. The van der Waals surface area contributed by atoms with E-state index in [1.54, 1.807) is 19.2 Å². The Labute approximate surface area is 118 Å². The SMILES string of the molecule is COc1ccc2c(c1)C(N)(c1ccc(F)cc1C)CC2. The lowest BCUT2D eigenvalue weighted by atomic mass is 9.82. The number of nitrogens with two attached hydrogens (primary N) is 1. The van der Waals surface area contributed by atoms with Gasteiger partial charge < -0.3 is 10.5 Å². The average molecular weight is 271 g/mol. The summed E-state index contributed by atoms with van der Waals surface area (Å²) in [6.45, 7) is 1.91. The Bertz CT molecular complexity index is 668. The third-order valence-electron chi connectivity index (χ3n) is 4.26. The van der Waals surface area contributed by atoms with Crippen LogP contribution in [0.1, 0.15) is 28.7 Å². The first-order valence-corrected chi connectivity index (χ1v) is 6.77. The summed E-state index contributed by atoms with van der Waals surface area (Å²) in [7, 11) is 1.65. The van der Waals surface area contributed by atoms with Crippen LogP contribution in [0.5, 0.6) is 5.75 Å². The standard InChI is InChI=1S/C17H18FNO/c1-11-9-13(18)4-6-15(11)17(19)8-7-12-3-5-14(20-2)10-16(12)17/h3-6,9-10H,7-8,19H2,1-2H3. The van der Waals surface area contributed by atoms with Gasteiger partial charge in [-0.05, 0) is 66.3 Å². The predicted octanol–water partition coefficient (Wildman–Crippen LogP) is 3.29. The smallest absolute Gasteiger partial charge is 0.123 e. The van der Waals surface area contributed by atoms with Gasteiger partial charge in [0.2, 0.25) is 0 Å². The highest BCUT2D eigenvalue weighted by Crippen LogP contribution is 2.42. The molecule has 0 fully saturated rings. The van der Waals surface area contributed by atoms with E-state index in [1.165, 1.54) is 11.6 Å². The van der Waals surface area contributed by atoms with Gasteiger partial charge >= 0.3 is 0 Å². The lowest BCUT2D eigenvalue weighted by Gasteiger charge is -2.28. The summed E-state index contributed by atoms with van der Waals surface area (Å²) in [5, 5.41) is 0. The molecule has 0 amide bonds. The van der Waals surface area contributed by atoms with Crippen LogP contribution in [-0.2, 0) is 12.0 Å². The molecule has 0 heterocycles. The Morgan fingerprint density at radius 1 is 1.15 bits per heavy atom. The van der Waals surface area contributed by atoms with Crippen LogP contribution in [0, 0.1) is 12.7 Å². The van der Waals surface area contributed by atoms with Gasteiger partial charge in [0.05, 0.1) is 12.6 Å². The molecule has 0 spiro atoms. The lowest BCUT2D eigenvalue weighted by Crippen LogP contribution is -2.36. The van der Waals surface area contributed by atoms with Crippen molar-refractivity contribution in [2.24, 2.45) is 5.73 Å². The maximum absolute atomic E-state index is 13.3. The quantitative estimate of drug-likeness (QED) is 0.909. The second kappa shape index (κ2) is 4.60. The van der Waals surface area contributed by atoms with Gasteiger partial charge in [0, 0.05) is 0 Å². The highest BCUT2D eigenvalue weighted by molar-refractivity contribution is 5.51. The van der Waals surface area contributed by atoms with Crippen LogP contribution in [0.2, 0.25) is 0 Å². The predicted molar refractivity (Wildman–Crippen MR) is 77.4 cm³/mol. The summed E-state index contributed by atoms with van der Waals surface area (Å²) in [6.07, 6.45) is 1.77. The summed E-state index contributed by atoms with van der Waals surface area (Å²) >= 11 is 0. The molecule has 1 aliphatic rings. The van der Waals surface area contributed by atoms with Crippen molar-refractivity contribution in [3.05, 3.63) is 64.5 Å². The van der Waals surface area contributed by atoms with E-state index >= 15 is 0 Å².